The van der Waals surface area contributed by atoms with E-state index in [1.165, 1.54) is 75.7 Å². The molecule has 0 fully saturated rings. The highest BCUT2D eigenvalue weighted by molar-refractivity contribution is 7.22. The minimum atomic E-state index is 0.710. The van der Waals surface area contributed by atoms with E-state index in [1.54, 1.807) is 11.3 Å². The molecule has 4 nitrogen and oxygen atoms in total. The van der Waals surface area contributed by atoms with E-state index in [4.69, 9.17) is 9.97 Å². The van der Waals surface area contributed by atoms with E-state index in [0.717, 1.165) is 38.3 Å². The fourth-order valence-corrected chi connectivity index (χ4v) is 10.6. The first kappa shape index (κ1) is 34.0. The smallest absolute Gasteiger partial charge is 0.162 e. The van der Waals surface area contributed by atoms with Crippen molar-refractivity contribution in [2.45, 2.75) is 0 Å². The molecule has 9 aromatic carbocycles. The molecule has 0 unspecified atom stereocenters. The van der Waals surface area contributed by atoms with E-state index in [2.05, 4.69) is 209 Å². The first-order valence-corrected chi connectivity index (χ1v) is 21.5. The minimum absolute atomic E-state index is 0.710. The maximum absolute atomic E-state index is 5.48. The fraction of sp³-hybridized carbons (Fsp3) is 0. The number of para-hydroxylation sites is 1. The number of rotatable bonds is 5. The van der Waals surface area contributed by atoms with Crippen LogP contribution in [0.5, 0.6) is 0 Å². The van der Waals surface area contributed by atoms with Crippen LogP contribution in [-0.4, -0.2) is 19.1 Å². The Bertz CT molecular complexity index is 3860. The summed E-state index contributed by atoms with van der Waals surface area (Å²) >= 11 is 1.76. The predicted molar refractivity (Wildman–Crippen MR) is 257 cm³/mol. The number of hydrogen-bond acceptors (Lipinski definition) is 3. The molecule has 0 amide bonds. The monoisotopic (exact) mass is 794 g/mol. The van der Waals surface area contributed by atoms with Crippen molar-refractivity contribution in [3.8, 4) is 44.5 Å². The van der Waals surface area contributed by atoms with Crippen LogP contribution in [0.15, 0.2) is 206 Å². The lowest BCUT2D eigenvalue weighted by atomic mass is 9.95. The van der Waals surface area contributed by atoms with Gasteiger partial charge in [0.05, 0.1) is 32.3 Å². The van der Waals surface area contributed by atoms with Gasteiger partial charge < -0.3 is 4.57 Å². The van der Waals surface area contributed by atoms with Crippen molar-refractivity contribution in [1.29, 1.82) is 0 Å². The van der Waals surface area contributed by atoms with Crippen molar-refractivity contribution in [1.82, 2.24) is 19.1 Å². The summed E-state index contributed by atoms with van der Waals surface area (Å²) in [6.45, 7) is 0. The van der Waals surface area contributed by atoms with Crippen molar-refractivity contribution in [2.75, 3.05) is 0 Å². The Morgan fingerprint density at radius 1 is 0.377 bits per heavy atom. The summed E-state index contributed by atoms with van der Waals surface area (Å²) in [7, 11) is 0. The Morgan fingerprint density at radius 3 is 1.84 bits per heavy atom. The number of fused-ring (bicyclic) bond motifs is 10. The molecule has 0 atom stereocenters. The molecular weight excluding hydrogens is 761 g/mol. The van der Waals surface area contributed by atoms with Gasteiger partial charge in [-0.2, -0.15) is 0 Å². The van der Waals surface area contributed by atoms with E-state index >= 15 is 0 Å². The lowest BCUT2D eigenvalue weighted by Crippen LogP contribution is -2.01. The van der Waals surface area contributed by atoms with Crippen molar-refractivity contribution < 1.29 is 0 Å². The van der Waals surface area contributed by atoms with Crippen LogP contribution in [0, 0.1) is 0 Å². The molecule has 0 saturated heterocycles. The third-order valence-corrected chi connectivity index (χ3v) is 13.5. The van der Waals surface area contributed by atoms with E-state index in [1.807, 2.05) is 6.07 Å². The van der Waals surface area contributed by atoms with Crippen LogP contribution in [0.4, 0.5) is 0 Å². The van der Waals surface area contributed by atoms with Gasteiger partial charge in [-0.25, -0.2) is 9.97 Å². The average Bonchev–Trinajstić information content (AvgIpc) is 4.01. The number of hydrogen-bond donors (Lipinski definition) is 0. The molecule has 13 rings (SSSR count). The van der Waals surface area contributed by atoms with E-state index in [-0.39, 0.29) is 0 Å². The molecule has 0 saturated carbocycles. The topological polar surface area (TPSA) is 35.6 Å². The largest absolute Gasteiger partial charge is 0.309 e. The molecule has 13 aromatic rings. The molecule has 284 valence electrons. The summed E-state index contributed by atoms with van der Waals surface area (Å²) in [6, 6.07) is 74.4. The molecule has 0 radical (unpaired) electrons. The van der Waals surface area contributed by atoms with E-state index in [9.17, 15) is 0 Å². The zero-order valence-electron chi connectivity index (χ0n) is 32.8. The summed E-state index contributed by atoms with van der Waals surface area (Å²) in [5.41, 5.74) is 11.2. The van der Waals surface area contributed by atoms with Crippen LogP contribution < -0.4 is 0 Å². The molecule has 4 aromatic heterocycles. The van der Waals surface area contributed by atoms with Gasteiger partial charge in [0.25, 0.3) is 0 Å². The summed E-state index contributed by atoms with van der Waals surface area (Å²) in [5.74, 6) is 1.60. The van der Waals surface area contributed by atoms with Gasteiger partial charge >= 0.3 is 0 Å². The Morgan fingerprint density at radius 2 is 1.03 bits per heavy atom. The number of nitrogens with zero attached hydrogens (tertiary/aromatic N) is 4. The normalized spacial score (nSPS) is 11.9. The second-order valence-electron chi connectivity index (χ2n) is 15.8. The Kier molecular flexibility index (Phi) is 7.44. The number of aromatic nitrogens is 4. The van der Waals surface area contributed by atoms with Gasteiger partial charge in [-0.05, 0) is 92.8 Å². The average molecular weight is 795 g/mol. The second-order valence-corrected chi connectivity index (χ2v) is 16.8. The van der Waals surface area contributed by atoms with Crippen LogP contribution in [0.1, 0.15) is 0 Å². The molecule has 0 aliphatic heterocycles. The fourth-order valence-electron chi connectivity index (χ4n) is 9.55. The lowest BCUT2D eigenvalue weighted by Gasteiger charge is -2.11. The quantitative estimate of drug-likeness (QED) is 0.174. The predicted octanol–water partition coefficient (Wildman–Crippen LogP) is 15.2. The number of thiophene rings is 1. The maximum atomic E-state index is 5.48. The third-order valence-electron chi connectivity index (χ3n) is 12.3. The Hall–Kier alpha value is -7.86. The SMILES string of the molecule is c1ccc(-c2nc(-n3c4ccc(-c5cccc6c5c5c7ccccc7ccc5n6-c5ccccc5)cc4c4cc5ccccc5cc43)c3sc(-c4ccccc4)cc3n2)cc1. The van der Waals surface area contributed by atoms with Crippen LogP contribution in [0.3, 0.4) is 0 Å². The van der Waals surface area contributed by atoms with Crippen LogP contribution >= 0.6 is 11.3 Å². The molecule has 61 heavy (non-hydrogen) atoms. The standard InChI is InChI=1S/C56H34N4S/c1-4-16-36(17-5-1)51-34-46-54(61-51)56(58-55(57-46)37-18-6-2-7-19-37)60-47-29-28-40(32-44(47)45-31-38-20-10-11-21-39(38)33-50(45)60)43-25-14-26-48-53(43)52-42-24-13-12-15-35(42)27-30-49(52)59(48)41-22-8-3-9-23-41/h1-34H. The molecule has 4 heterocycles. The van der Waals surface area contributed by atoms with Gasteiger partial charge in [0, 0.05) is 37.7 Å². The summed E-state index contributed by atoms with van der Waals surface area (Å²) in [4.78, 5) is 11.9. The van der Waals surface area contributed by atoms with Gasteiger partial charge in [-0.1, -0.05) is 152 Å². The molecule has 0 aliphatic rings. The summed E-state index contributed by atoms with van der Waals surface area (Å²) in [6.07, 6.45) is 0. The van der Waals surface area contributed by atoms with Crippen LogP contribution in [-0.2, 0) is 0 Å². The van der Waals surface area contributed by atoms with Gasteiger partial charge in [-0.3, -0.25) is 4.57 Å². The van der Waals surface area contributed by atoms with Gasteiger partial charge in [0.15, 0.2) is 11.6 Å². The van der Waals surface area contributed by atoms with Crippen LogP contribution in [0.25, 0.3) is 120 Å². The highest BCUT2D eigenvalue weighted by atomic mass is 32.1. The van der Waals surface area contributed by atoms with Gasteiger partial charge in [0.2, 0.25) is 0 Å². The molecule has 0 spiro atoms. The molecule has 0 N–H and O–H groups in total. The Balaban J connectivity index is 1.13. The molecular formula is C56H34N4S. The molecule has 0 aliphatic carbocycles. The summed E-state index contributed by atoms with van der Waals surface area (Å²) < 4.78 is 5.87. The van der Waals surface area contributed by atoms with Gasteiger partial charge in [-0.15, -0.1) is 11.3 Å². The molecule has 0 bridgehead atoms. The second kappa shape index (κ2) is 13.3. The van der Waals surface area contributed by atoms with Crippen molar-refractivity contribution in [3.05, 3.63) is 206 Å². The zero-order chi connectivity index (χ0) is 40.0. The summed E-state index contributed by atoms with van der Waals surface area (Å²) in [5, 5.41) is 9.77. The van der Waals surface area contributed by atoms with Gasteiger partial charge in [0.1, 0.15) is 0 Å². The Labute approximate surface area is 354 Å². The number of benzene rings is 9. The lowest BCUT2D eigenvalue weighted by molar-refractivity contribution is 1.08. The first-order chi connectivity index (χ1) is 30.2. The van der Waals surface area contributed by atoms with Crippen molar-refractivity contribution in [2.24, 2.45) is 0 Å². The minimum Gasteiger partial charge on any atom is -0.309 e. The van der Waals surface area contributed by atoms with E-state index in [0.29, 0.717) is 5.82 Å². The first-order valence-electron chi connectivity index (χ1n) is 20.7. The van der Waals surface area contributed by atoms with Crippen molar-refractivity contribution >= 4 is 86.7 Å². The highest BCUT2D eigenvalue weighted by Crippen LogP contribution is 2.45. The van der Waals surface area contributed by atoms with E-state index < -0.39 is 0 Å². The third kappa shape index (κ3) is 5.24. The highest BCUT2D eigenvalue weighted by Gasteiger charge is 2.23. The molecule has 5 heteroatoms. The maximum Gasteiger partial charge on any atom is 0.162 e. The zero-order valence-corrected chi connectivity index (χ0v) is 33.6. The van der Waals surface area contributed by atoms with Crippen molar-refractivity contribution in [3.63, 3.8) is 0 Å². The van der Waals surface area contributed by atoms with Crippen LogP contribution in [0.2, 0.25) is 0 Å².